The van der Waals surface area contributed by atoms with Crippen LogP contribution in [-0.2, 0) is 5.41 Å². The van der Waals surface area contributed by atoms with Gasteiger partial charge in [0.2, 0.25) is 0 Å². The molecule has 2 aromatic rings. The molecular formula is C21H29N3O. The second-order valence-electron chi connectivity index (χ2n) is 7.40. The summed E-state index contributed by atoms with van der Waals surface area (Å²) in [4.78, 5) is 14.8. The lowest BCUT2D eigenvalue weighted by Gasteiger charge is -2.31. The molecule has 134 valence electrons. The molecule has 0 aliphatic heterocycles. The fourth-order valence-electron chi connectivity index (χ4n) is 2.81. The molecule has 0 saturated heterocycles. The zero-order valence-electron chi connectivity index (χ0n) is 15.8. The molecule has 1 atom stereocenters. The first-order valence-corrected chi connectivity index (χ1v) is 8.72. The van der Waals surface area contributed by atoms with Crippen molar-refractivity contribution in [1.82, 2.24) is 5.32 Å². The predicted molar refractivity (Wildman–Crippen MR) is 106 cm³/mol. The van der Waals surface area contributed by atoms with Crippen molar-refractivity contribution in [1.29, 1.82) is 0 Å². The van der Waals surface area contributed by atoms with Gasteiger partial charge in [-0.25, -0.2) is 0 Å². The Kier molecular flexibility index (Phi) is 5.73. The molecule has 0 aliphatic rings. The van der Waals surface area contributed by atoms with E-state index in [-0.39, 0.29) is 17.5 Å². The summed E-state index contributed by atoms with van der Waals surface area (Å²) in [6.07, 6.45) is 0.644. The molecular weight excluding hydrogens is 310 g/mol. The number of nitrogen functional groups attached to an aromatic ring is 1. The molecule has 0 radical (unpaired) electrons. The minimum absolute atomic E-state index is 0.00965. The van der Waals surface area contributed by atoms with Crippen LogP contribution in [-0.4, -0.2) is 19.1 Å². The van der Waals surface area contributed by atoms with E-state index in [1.165, 1.54) is 0 Å². The second kappa shape index (κ2) is 7.60. The number of nitrogens with zero attached hydrogens (tertiary/aromatic N) is 1. The largest absolute Gasteiger partial charge is 0.397 e. The summed E-state index contributed by atoms with van der Waals surface area (Å²) in [5, 5.41) is 3.12. The van der Waals surface area contributed by atoms with E-state index in [2.05, 4.69) is 32.2 Å². The molecule has 25 heavy (non-hydrogen) atoms. The lowest BCUT2D eigenvalue weighted by molar-refractivity contribution is 0.0935. The second-order valence-corrected chi connectivity index (χ2v) is 7.40. The van der Waals surface area contributed by atoms with Gasteiger partial charge in [0.05, 0.1) is 11.4 Å². The first-order valence-electron chi connectivity index (χ1n) is 8.72. The monoisotopic (exact) mass is 339 g/mol. The van der Waals surface area contributed by atoms with Crippen LogP contribution in [0.25, 0.3) is 0 Å². The van der Waals surface area contributed by atoms with Gasteiger partial charge in [0.15, 0.2) is 0 Å². The van der Waals surface area contributed by atoms with Crippen molar-refractivity contribution < 1.29 is 4.79 Å². The van der Waals surface area contributed by atoms with Crippen molar-refractivity contribution in [3.63, 3.8) is 0 Å². The molecule has 4 heteroatoms. The highest BCUT2D eigenvalue weighted by Crippen LogP contribution is 2.24. The Labute approximate surface area is 151 Å². The van der Waals surface area contributed by atoms with Crippen LogP contribution < -0.4 is 16.0 Å². The Balaban J connectivity index is 2.19. The van der Waals surface area contributed by atoms with Gasteiger partial charge in [-0.1, -0.05) is 52.0 Å². The number of benzene rings is 2. The number of nitrogens with two attached hydrogens (primary N) is 1. The zero-order valence-corrected chi connectivity index (χ0v) is 15.8. The fourth-order valence-corrected chi connectivity index (χ4v) is 2.81. The fraction of sp³-hybridized carbons (Fsp3) is 0.381. The van der Waals surface area contributed by atoms with Crippen molar-refractivity contribution in [2.45, 2.75) is 45.7 Å². The topological polar surface area (TPSA) is 58.4 Å². The average Bonchev–Trinajstić information content (AvgIpc) is 2.58. The highest BCUT2D eigenvalue weighted by Gasteiger charge is 2.20. The molecule has 0 fully saturated rings. The Hall–Kier alpha value is -2.49. The van der Waals surface area contributed by atoms with Gasteiger partial charge in [-0.05, 0) is 41.7 Å². The van der Waals surface area contributed by atoms with E-state index < -0.39 is 0 Å². The third-order valence-electron chi connectivity index (χ3n) is 4.46. The van der Waals surface area contributed by atoms with Crippen LogP contribution in [0.5, 0.6) is 0 Å². The van der Waals surface area contributed by atoms with Gasteiger partial charge < -0.3 is 16.0 Å². The van der Waals surface area contributed by atoms with Crippen LogP contribution in [0.15, 0.2) is 48.5 Å². The van der Waals surface area contributed by atoms with E-state index >= 15 is 0 Å². The maximum Gasteiger partial charge on any atom is 0.252 e. The lowest BCUT2D eigenvalue weighted by Crippen LogP contribution is -2.46. The number of anilines is 2. The minimum Gasteiger partial charge on any atom is -0.397 e. The summed E-state index contributed by atoms with van der Waals surface area (Å²) in [5.41, 5.74) is 9.52. The minimum atomic E-state index is -0.129. The summed E-state index contributed by atoms with van der Waals surface area (Å²) in [5.74, 6) is -0.0701. The van der Waals surface area contributed by atoms with Crippen molar-refractivity contribution in [3.05, 3.63) is 59.7 Å². The van der Waals surface area contributed by atoms with Crippen LogP contribution in [0.2, 0.25) is 0 Å². The third-order valence-corrected chi connectivity index (χ3v) is 4.46. The van der Waals surface area contributed by atoms with E-state index in [1.54, 1.807) is 0 Å². The van der Waals surface area contributed by atoms with Crippen LogP contribution in [0.3, 0.4) is 0 Å². The maximum atomic E-state index is 12.7. The van der Waals surface area contributed by atoms with Gasteiger partial charge in [0, 0.05) is 12.6 Å². The molecule has 2 rings (SSSR count). The molecule has 4 nitrogen and oxygen atoms in total. The van der Waals surface area contributed by atoms with Gasteiger partial charge in [0.1, 0.15) is 6.17 Å². The van der Waals surface area contributed by atoms with Gasteiger partial charge in [-0.15, -0.1) is 0 Å². The Morgan fingerprint density at radius 2 is 1.84 bits per heavy atom. The molecule has 3 N–H and O–H groups in total. The van der Waals surface area contributed by atoms with Crippen molar-refractivity contribution in [2.24, 2.45) is 0 Å². The molecule has 0 spiro atoms. The molecule has 0 aromatic heterocycles. The van der Waals surface area contributed by atoms with Crippen molar-refractivity contribution >= 4 is 17.3 Å². The molecule has 0 heterocycles. The zero-order chi connectivity index (χ0) is 18.6. The summed E-state index contributed by atoms with van der Waals surface area (Å²) < 4.78 is 0. The van der Waals surface area contributed by atoms with E-state index in [4.69, 9.17) is 5.73 Å². The van der Waals surface area contributed by atoms with E-state index in [1.807, 2.05) is 61.3 Å². The smallest absolute Gasteiger partial charge is 0.252 e. The highest BCUT2D eigenvalue weighted by molar-refractivity contribution is 5.94. The summed E-state index contributed by atoms with van der Waals surface area (Å²) in [7, 11) is 1.95. The number of nitrogens with one attached hydrogen (secondary N) is 1. The third kappa shape index (κ3) is 4.53. The normalized spacial score (nSPS) is 12.5. The SMILES string of the molecule is CCC(NC(=O)c1cccc(C(C)(C)C)c1)N(C)c1ccccc1N. The average molecular weight is 339 g/mol. The summed E-state index contributed by atoms with van der Waals surface area (Å²) >= 11 is 0. The number of para-hydroxylation sites is 2. The lowest BCUT2D eigenvalue weighted by atomic mass is 9.86. The number of amides is 1. The summed E-state index contributed by atoms with van der Waals surface area (Å²) in [6.45, 7) is 8.48. The Morgan fingerprint density at radius 1 is 1.16 bits per heavy atom. The molecule has 0 aliphatic carbocycles. The van der Waals surface area contributed by atoms with E-state index in [9.17, 15) is 4.79 Å². The van der Waals surface area contributed by atoms with Crippen LogP contribution >= 0.6 is 0 Å². The standard InChI is InChI=1S/C21H29N3O/c1-6-19(24(5)18-13-8-7-12-17(18)22)23-20(25)15-10-9-11-16(14-15)21(2,3)4/h7-14,19H,6,22H2,1-5H3,(H,23,25). The molecule has 0 saturated carbocycles. The number of carbonyl (C=O) groups excluding carboxylic acids is 1. The molecule has 1 amide bonds. The predicted octanol–water partition coefficient (Wildman–Crippen LogP) is 4.17. The number of hydrogen-bond acceptors (Lipinski definition) is 3. The number of hydrogen-bond donors (Lipinski definition) is 2. The Bertz CT molecular complexity index is 734. The van der Waals surface area contributed by atoms with Crippen molar-refractivity contribution in [3.8, 4) is 0 Å². The van der Waals surface area contributed by atoms with Crippen molar-refractivity contribution in [2.75, 3.05) is 17.7 Å². The quantitative estimate of drug-likeness (QED) is 0.635. The van der Waals surface area contributed by atoms with E-state index in [0.29, 0.717) is 11.3 Å². The van der Waals surface area contributed by atoms with Gasteiger partial charge in [-0.3, -0.25) is 4.79 Å². The molecule has 2 aromatic carbocycles. The molecule has 1 unspecified atom stereocenters. The number of rotatable bonds is 5. The molecule has 0 bridgehead atoms. The van der Waals surface area contributed by atoms with E-state index in [0.717, 1.165) is 17.7 Å². The van der Waals surface area contributed by atoms with Gasteiger partial charge >= 0.3 is 0 Å². The van der Waals surface area contributed by atoms with Crippen LogP contribution in [0.4, 0.5) is 11.4 Å². The van der Waals surface area contributed by atoms with Crippen LogP contribution in [0.1, 0.15) is 50.0 Å². The maximum absolute atomic E-state index is 12.7. The first-order chi connectivity index (χ1) is 11.7. The van der Waals surface area contributed by atoms with Gasteiger partial charge in [-0.2, -0.15) is 0 Å². The van der Waals surface area contributed by atoms with Crippen LogP contribution in [0, 0.1) is 0 Å². The van der Waals surface area contributed by atoms with Gasteiger partial charge in [0.25, 0.3) is 5.91 Å². The first kappa shape index (κ1) is 18.8. The summed E-state index contributed by atoms with van der Waals surface area (Å²) in [6, 6.07) is 15.5. The highest BCUT2D eigenvalue weighted by atomic mass is 16.1. The Morgan fingerprint density at radius 3 is 2.44 bits per heavy atom. The number of carbonyl (C=O) groups is 1.